The zero-order chi connectivity index (χ0) is 12.7. The highest BCUT2D eigenvalue weighted by Gasteiger charge is 2.08. The van der Waals surface area contributed by atoms with Crippen LogP contribution in [0.15, 0.2) is 24.3 Å². The summed E-state index contributed by atoms with van der Waals surface area (Å²) in [5.41, 5.74) is 7.73. The second kappa shape index (κ2) is 7.04. The van der Waals surface area contributed by atoms with Gasteiger partial charge in [-0.2, -0.15) is 0 Å². The molecule has 0 aliphatic carbocycles. The molecule has 2 N–H and O–H groups in total. The average molecular weight is 236 g/mol. The third-order valence-corrected chi connectivity index (χ3v) is 2.62. The molecule has 0 saturated heterocycles. The van der Waals surface area contributed by atoms with Crippen LogP contribution in [0.1, 0.15) is 17.5 Å². The highest BCUT2D eigenvalue weighted by Crippen LogP contribution is 2.07. The minimum atomic E-state index is 0.0924. The molecule has 4 heteroatoms. The standard InChI is InChI=1S/C13H20N2O2/c1-15(13(16)7-8-17-2)10-12-5-3-11(9-14)4-6-12/h3-6H,7-10,14H2,1-2H3. The van der Waals surface area contributed by atoms with Crippen molar-refractivity contribution in [2.45, 2.75) is 19.5 Å². The van der Waals surface area contributed by atoms with E-state index in [2.05, 4.69) is 0 Å². The lowest BCUT2D eigenvalue weighted by Gasteiger charge is -2.17. The number of carbonyl (C=O) groups is 1. The van der Waals surface area contributed by atoms with Gasteiger partial charge in [-0.05, 0) is 11.1 Å². The van der Waals surface area contributed by atoms with Gasteiger partial charge in [-0.25, -0.2) is 0 Å². The lowest BCUT2D eigenvalue weighted by molar-refractivity contribution is -0.131. The van der Waals surface area contributed by atoms with E-state index in [0.29, 0.717) is 26.1 Å². The van der Waals surface area contributed by atoms with Gasteiger partial charge in [0.15, 0.2) is 0 Å². The van der Waals surface area contributed by atoms with E-state index in [4.69, 9.17) is 10.5 Å². The zero-order valence-electron chi connectivity index (χ0n) is 10.5. The van der Waals surface area contributed by atoms with Gasteiger partial charge in [0.1, 0.15) is 0 Å². The van der Waals surface area contributed by atoms with E-state index in [0.717, 1.165) is 11.1 Å². The maximum atomic E-state index is 11.7. The summed E-state index contributed by atoms with van der Waals surface area (Å²) in [6, 6.07) is 7.98. The largest absolute Gasteiger partial charge is 0.384 e. The van der Waals surface area contributed by atoms with Crippen molar-refractivity contribution in [3.8, 4) is 0 Å². The van der Waals surface area contributed by atoms with E-state index in [9.17, 15) is 4.79 Å². The molecule has 0 saturated carbocycles. The van der Waals surface area contributed by atoms with Gasteiger partial charge in [0.25, 0.3) is 0 Å². The molecule has 1 amide bonds. The summed E-state index contributed by atoms with van der Waals surface area (Å²) >= 11 is 0. The molecule has 0 aliphatic heterocycles. The summed E-state index contributed by atoms with van der Waals surface area (Å²) in [6.45, 7) is 1.63. The SMILES string of the molecule is COCCC(=O)N(C)Cc1ccc(CN)cc1. The van der Waals surface area contributed by atoms with Crippen LogP contribution in [0.3, 0.4) is 0 Å². The Morgan fingerprint density at radius 2 is 1.88 bits per heavy atom. The van der Waals surface area contributed by atoms with Crippen molar-refractivity contribution < 1.29 is 9.53 Å². The normalized spacial score (nSPS) is 10.3. The van der Waals surface area contributed by atoms with Crippen molar-refractivity contribution >= 4 is 5.91 Å². The van der Waals surface area contributed by atoms with E-state index < -0.39 is 0 Å². The highest BCUT2D eigenvalue weighted by molar-refractivity contribution is 5.75. The van der Waals surface area contributed by atoms with Crippen molar-refractivity contribution in [2.24, 2.45) is 5.73 Å². The first-order valence-corrected chi connectivity index (χ1v) is 5.68. The number of nitrogens with two attached hydrogens (primary N) is 1. The fourth-order valence-electron chi connectivity index (χ4n) is 1.52. The molecule has 94 valence electrons. The highest BCUT2D eigenvalue weighted by atomic mass is 16.5. The molecule has 0 fully saturated rings. The smallest absolute Gasteiger partial charge is 0.224 e. The van der Waals surface area contributed by atoms with E-state index in [1.807, 2.05) is 24.3 Å². The average Bonchev–Trinajstić information content (AvgIpc) is 2.36. The zero-order valence-corrected chi connectivity index (χ0v) is 10.5. The topological polar surface area (TPSA) is 55.6 Å². The molecule has 0 heterocycles. The van der Waals surface area contributed by atoms with Gasteiger partial charge in [0.2, 0.25) is 5.91 Å². The first-order chi connectivity index (χ1) is 8.17. The number of benzene rings is 1. The molecule has 1 aromatic rings. The molecule has 0 atom stereocenters. The molecule has 0 radical (unpaired) electrons. The van der Waals surface area contributed by atoms with Gasteiger partial charge in [-0.3, -0.25) is 4.79 Å². The summed E-state index contributed by atoms with van der Waals surface area (Å²) in [5, 5.41) is 0. The molecule has 0 spiro atoms. The van der Waals surface area contributed by atoms with Gasteiger partial charge in [-0.15, -0.1) is 0 Å². The Hall–Kier alpha value is -1.39. The van der Waals surface area contributed by atoms with Crippen LogP contribution in [0.2, 0.25) is 0 Å². The van der Waals surface area contributed by atoms with Gasteiger partial charge in [0, 0.05) is 27.2 Å². The Bertz CT molecular complexity index is 349. The first-order valence-electron chi connectivity index (χ1n) is 5.68. The number of carbonyl (C=O) groups excluding carboxylic acids is 1. The molecule has 0 aliphatic rings. The number of hydrogen-bond donors (Lipinski definition) is 1. The summed E-state index contributed by atoms with van der Waals surface area (Å²) in [4.78, 5) is 13.4. The van der Waals surface area contributed by atoms with Crippen LogP contribution < -0.4 is 5.73 Å². The molecule has 0 unspecified atom stereocenters. The molecule has 0 aromatic heterocycles. The molecule has 17 heavy (non-hydrogen) atoms. The van der Waals surface area contributed by atoms with Crippen molar-refractivity contribution in [2.75, 3.05) is 20.8 Å². The van der Waals surface area contributed by atoms with Crippen LogP contribution in [0.5, 0.6) is 0 Å². The second-order valence-electron chi connectivity index (χ2n) is 4.01. The van der Waals surface area contributed by atoms with Crippen LogP contribution in [0.4, 0.5) is 0 Å². The third-order valence-electron chi connectivity index (χ3n) is 2.62. The van der Waals surface area contributed by atoms with Crippen molar-refractivity contribution in [3.63, 3.8) is 0 Å². The predicted octanol–water partition coefficient (Wildman–Crippen LogP) is 1.14. The third kappa shape index (κ3) is 4.54. The number of ether oxygens (including phenoxy) is 1. The molecule has 1 aromatic carbocycles. The maximum Gasteiger partial charge on any atom is 0.224 e. The maximum absolute atomic E-state index is 11.7. The fourth-order valence-corrected chi connectivity index (χ4v) is 1.52. The van der Waals surface area contributed by atoms with Gasteiger partial charge < -0.3 is 15.4 Å². The van der Waals surface area contributed by atoms with Crippen LogP contribution in [0, 0.1) is 0 Å². The van der Waals surface area contributed by atoms with Crippen LogP contribution in [-0.2, 0) is 22.6 Å². The van der Waals surface area contributed by atoms with Gasteiger partial charge in [-0.1, -0.05) is 24.3 Å². The Kier molecular flexibility index (Phi) is 5.66. The second-order valence-corrected chi connectivity index (χ2v) is 4.01. The number of rotatable bonds is 6. The first kappa shape index (κ1) is 13.7. The number of methoxy groups -OCH3 is 1. The number of hydrogen-bond acceptors (Lipinski definition) is 3. The van der Waals surface area contributed by atoms with E-state index in [1.165, 1.54) is 0 Å². The number of nitrogens with zero attached hydrogens (tertiary/aromatic N) is 1. The fraction of sp³-hybridized carbons (Fsp3) is 0.462. The van der Waals surface area contributed by atoms with Crippen LogP contribution in [0.25, 0.3) is 0 Å². The quantitative estimate of drug-likeness (QED) is 0.806. The van der Waals surface area contributed by atoms with Crippen molar-refractivity contribution in [3.05, 3.63) is 35.4 Å². The monoisotopic (exact) mass is 236 g/mol. The Morgan fingerprint density at radius 3 is 2.41 bits per heavy atom. The van der Waals surface area contributed by atoms with E-state index in [-0.39, 0.29) is 5.91 Å². The van der Waals surface area contributed by atoms with Crippen LogP contribution in [-0.4, -0.2) is 31.6 Å². The molecular formula is C13H20N2O2. The summed E-state index contributed by atoms with van der Waals surface area (Å²) in [7, 11) is 3.40. The lowest BCUT2D eigenvalue weighted by Crippen LogP contribution is -2.26. The molecule has 0 bridgehead atoms. The number of amides is 1. The van der Waals surface area contributed by atoms with Crippen molar-refractivity contribution in [1.82, 2.24) is 4.90 Å². The molecule has 4 nitrogen and oxygen atoms in total. The summed E-state index contributed by atoms with van der Waals surface area (Å²) in [6.07, 6.45) is 0.424. The van der Waals surface area contributed by atoms with Gasteiger partial charge >= 0.3 is 0 Å². The van der Waals surface area contributed by atoms with E-state index in [1.54, 1.807) is 19.1 Å². The predicted molar refractivity (Wildman–Crippen MR) is 67.3 cm³/mol. The minimum Gasteiger partial charge on any atom is -0.384 e. The molecular weight excluding hydrogens is 216 g/mol. The molecule has 1 rings (SSSR count). The Labute approximate surface area is 102 Å². The van der Waals surface area contributed by atoms with Crippen molar-refractivity contribution in [1.29, 1.82) is 0 Å². The summed E-state index contributed by atoms with van der Waals surface area (Å²) < 4.78 is 4.88. The minimum absolute atomic E-state index is 0.0924. The van der Waals surface area contributed by atoms with Crippen LogP contribution >= 0.6 is 0 Å². The lowest BCUT2D eigenvalue weighted by atomic mass is 10.1. The van der Waals surface area contributed by atoms with E-state index >= 15 is 0 Å². The Morgan fingerprint density at radius 1 is 1.29 bits per heavy atom. The summed E-state index contributed by atoms with van der Waals surface area (Å²) in [5.74, 6) is 0.0924. The van der Waals surface area contributed by atoms with Gasteiger partial charge in [0.05, 0.1) is 13.0 Å². The Balaban J connectivity index is 2.49.